The predicted molar refractivity (Wildman–Crippen MR) is 158 cm³/mol. The Morgan fingerprint density at radius 1 is 1.07 bits per heavy atom. The highest BCUT2D eigenvalue weighted by molar-refractivity contribution is 8.00. The van der Waals surface area contributed by atoms with Crippen molar-refractivity contribution in [2.24, 2.45) is 0 Å². The van der Waals surface area contributed by atoms with Gasteiger partial charge in [-0.25, -0.2) is 0 Å². The topological polar surface area (TPSA) is 115 Å². The molecule has 4 aromatic rings. The van der Waals surface area contributed by atoms with E-state index in [1.54, 1.807) is 36.4 Å². The molecular formula is C30H26N4O5S2. The molecule has 2 aromatic heterocycles. The third kappa shape index (κ3) is 6.01. The fourth-order valence-corrected chi connectivity index (χ4v) is 6.14. The van der Waals surface area contributed by atoms with E-state index >= 15 is 0 Å². The van der Waals surface area contributed by atoms with Crippen LogP contribution < -0.4 is 14.4 Å². The number of carbonyl (C=O) groups is 2. The highest BCUT2D eigenvalue weighted by Gasteiger charge is 2.48. The maximum Gasteiger partial charge on any atom is 0.301 e. The number of ether oxygens (including phenoxy) is 2. The van der Waals surface area contributed by atoms with E-state index in [4.69, 9.17) is 9.47 Å². The summed E-state index contributed by atoms with van der Waals surface area (Å²) in [4.78, 5) is 32.3. The first-order valence-corrected chi connectivity index (χ1v) is 14.5. The second-order valence-corrected chi connectivity index (χ2v) is 10.9. The molecule has 0 spiro atoms. The third-order valence-electron chi connectivity index (χ3n) is 6.15. The van der Waals surface area contributed by atoms with Gasteiger partial charge in [-0.05, 0) is 42.3 Å². The molecule has 1 unspecified atom stereocenters. The summed E-state index contributed by atoms with van der Waals surface area (Å²) in [5.41, 5.74) is 1.93. The number of aliphatic hydroxyl groups is 1. The minimum atomic E-state index is -0.990. The molecule has 1 atom stereocenters. The zero-order valence-electron chi connectivity index (χ0n) is 22.1. The van der Waals surface area contributed by atoms with Crippen molar-refractivity contribution in [2.45, 2.75) is 23.1 Å². The molecule has 1 aliphatic rings. The number of nitrogens with zero attached hydrogens (tertiary/aromatic N) is 4. The molecule has 5 rings (SSSR count). The van der Waals surface area contributed by atoms with Crippen LogP contribution in [0.2, 0.25) is 0 Å². The summed E-state index contributed by atoms with van der Waals surface area (Å²) in [5.74, 6) is -0.376. The van der Waals surface area contributed by atoms with Crippen LogP contribution in [0.25, 0.3) is 5.76 Å². The average Bonchev–Trinajstić information content (AvgIpc) is 3.58. The molecule has 0 radical (unpaired) electrons. The zero-order chi connectivity index (χ0) is 28.8. The molecule has 0 saturated carbocycles. The maximum absolute atomic E-state index is 13.5. The average molecular weight is 587 g/mol. The second-order valence-electron chi connectivity index (χ2n) is 8.77. The Labute approximate surface area is 245 Å². The third-order valence-corrected chi connectivity index (χ3v) is 8.27. The molecule has 1 N–H and O–H groups in total. The molecule has 9 nitrogen and oxygen atoms in total. The van der Waals surface area contributed by atoms with Crippen LogP contribution in [-0.4, -0.2) is 45.2 Å². The van der Waals surface area contributed by atoms with E-state index in [0.29, 0.717) is 39.3 Å². The van der Waals surface area contributed by atoms with E-state index in [0.717, 1.165) is 5.56 Å². The minimum absolute atomic E-state index is 0.0721. The number of carbonyl (C=O) groups excluding carboxylic acids is 2. The summed E-state index contributed by atoms with van der Waals surface area (Å²) < 4.78 is 12.2. The minimum Gasteiger partial charge on any atom is -0.507 e. The van der Waals surface area contributed by atoms with Gasteiger partial charge in [0.15, 0.2) is 15.8 Å². The van der Waals surface area contributed by atoms with E-state index in [9.17, 15) is 14.7 Å². The quantitative estimate of drug-likeness (QED) is 0.0580. The normalized spacial score (nSPS) is 16.1. The number of pyridine rings is 1. The van der Waals surface area contributed by atoms with Crippen LogP contribution in [0.5, 0.6) is 11.5 Å². The summed E-state index contributed by atoms with van der Waals surface area (Å²) in [6, 6.07) is 17.2. The number of amides is 1. The molecule has 1 saturated heterocycles. The number of hydrogen-bond acceptors (Lipinski definition) is 10. The van der Waals surface area contributed by atoms with Gasteiger partial charge in [0.05, 0.1) is 18.2 Å². The Balaban J connectivity index is 1.58. The van der Waals surface area contributed by atoms with E-state index in [-0.39, 0.29) is 23.1 Å². The number of Topliss-reactive ketones (excluding diaryl/α,β-unsaturated/α-hetero) is 1. The zero-order valence-corrected chi connectivity index (χ0v) is 23.7. The monoisotopic (exact) mass is 586 g/mol. The Morgan fingerprint density at radius 3 is 2.59 bits per heavy atom. The van der Waals surface area contributed by atoms with E-state index in [2.05, 4.69) is 21.8 Å². The van der Waals surface area contributed by atoms with Crippen LogP contribution in [0.3, 0.4) is 0 Å². The Bertz CT molecular complexity index is 1590. The van der Waals surface area contributed by atoms with Gasteiger partial charge < -0.3 is 14.6 Å². The molecule has 0 aliphatic carbocycles. The Kier molecular flexibility index (Phi) is 8.76. The van der Waals surface area contributed by atoms with E-state index < -0.39 is 17.7 Å². The van der Waals surface area contributed by atoms with Gasteiger partial charge in [0.2, 0.25) is 5.13 Å². The van der Waals surface area contributed by atoms with Crippen molar-refractivity contribution in [1.29, 1.82) is 0 Å². The number of benzene rings is 2. The van der Waals surface area contributed by atoms with E-state index in [1.165, 1.54) is 40.4 Å². The van der Waals surface area contributed by atoms with Gasteiger partial charge in [0, 0.05) is 23.7 Å². The molecule has 208 valence electrons. The van der Waals surface area contributed by atoms with Crippen LogP contribution in [-0.2, 0) is 15.3 Å². The lowest BCUT2D eigenvalue weighted by Crippen LogP contribution is -2.29. The first kappa shape index (κ1) is 28.1. The Morgan fingerprint density at radius 2 is 1.85 bits per heavy atom. The number of aliphatic hydroxyl groups excluding tert-OH is 1. The van der Waals surface area contributed by atoms with Crippen LogP contribution in [0.4, 0.5) is 5.13 Å². The summed E-state index contributed by atoms with van der Waals surface area (Å²) in [6.45, 7) is 6.16. The summed E-state index contributed by atoms with van der Waals surface area (Å²) in [7, 11) is 0. The van der Waals surface area contributed by atoms with Gasteiger partial charge >= 0.3 is 5.91 Å². The summed E-state index contributed by atoms with van der Waals surface area (Å²) in [6.07, 6.45) is 4.62. The van der Waals surface area contributed by atoms with Gasteiger partial charge in [-0.15, -0.1) is 10.2 Å². The highest BCUT2D eigenvalue weighted by atomic mass is 32.2. The van der Waals surface area contributed by atoms with Gasteiger partial charge in [-0.1, -0.05) is 72.2 Å². The number of anilines is 1. The van der Waals surface area contributed by atoms with Crippen LogP contribution in [0.15, 0.2) is 95.6 Å². The lowest BCUT2D eigenvalue weighted by atomic mass is 9.95. The number of thioether (sulfide) groups is 1. The van der Waals surface area contributed by atoms with Gasteiger partial charge in [-0.3, -0.25) is 19.5 Å². The van der Waals surface area contributed by atoms with Crippen LogP contribution in [0, 0.1) is 0 Å². The smallest absolute Gasteiger partial charge is 0.301 e. The molecule has 0 bridgehead atoms. The molecule has 3 heterocycles. The van der Waals surface area contributed by atoms with Crippen molar-refractivity contribution in [2.75, 3.05) is 18.1 Å². The number of aromatic nitrogens is 3. The molecule has 1 aliphatic heterocycles. The number of ketones is 1. The van der Waals surface area contributed by atoms with Crippen LogP contribution >= 0.6 is 23.1 Å². The van der Waals surface area contributed by atoms with Crippen molar-refractivity contribution in [3.8, 4) is 11.5 Å². The molecular weight excluding hydrogens is 560 g/mol. The summed E-state index contributed by atoms with van der Waals surface area (Å²) in [5, 5.41) is 20.1. The highest BCUT2D eigenvalue weighted by Crippen LogP contribution is 2.45. The van der Waals surface area contributed by atoms with Crippen molar-refractivity contribution in [3.05, 3.63) is 108 Å². The lowest BCUT2D eigenvalue weighted by Gasteiger charge is -2.23. The fraction of sp³-hybridized carbons (Fsp3) is 0.167. The molecule has 2 aromatic carbocycles. The van der Waals surface area contributed by atoms with Crippen LogP contribution in [0.1, 0.15) is 29.7 Å². The fourth-order valence-electron chi connectivity index (χ4n) is 4.32. The van der Waals surface area contributed by atoms with Gasteiger partial charge in [0.25, 0.3) is 5.78 Å². The number of rotatable bonds is 11. The van der Waals surface area contributed by atoms with Crippen molar-refractivity contribution in [1.82, 2.24) is 15.2 Å². The molecule has 41 heavy (non-hydrogen) atoms. The first-order valence-electron chi connectivity index (χ1n) is 12.7. The lowest BCUT2D eigenvalue weighted by molar-refractivity contribution is -0.132. The molecule has 1 amide bonds. The standard InChI is InChI=1S/C30H26N4O5S2/c1-3-16-39-22-11-10-21(17-23(22)38-4-2)25-24(26(35)20-12-14-31-15-13-20)27(36)28(37)34(25)29-32-33-30(41-29)40-18-19-8-6-5-7-9-19/h3,5-15,17,25,35H,1,4,16,18H2,2H3. The van der Waals surface area contributed by atoms with E-state index in [1.807, 2.05) is 37.3 Å². The van der Waals surface area contributed by atoms with Crippen molar-refractivity contribution in [3.63, 3.8) is 0 Å². The molecule has 1 fully saturated rings. The van der Waals surface area contributed by atoms with Crippen molar-refractivity contribution < 1.29 is 24.2 Å². The summed E-state index contributed by atoms with van der Waals surface area (Å²) >= 11 is 2.69. The Hall–Kier alpha value is -4.48. The first-order chi connectivity index (χ1) is 20.0. The largest absolute Gasteiger partial charge is 0.507 e. The second kappa shape index (κ2) is 12.8. The number of hydrogen-bond donors (Lipinski definition) is 1. The predicted octanol–water partition coefficient (Wildman–Crippen LogP) is 5.82. The SMILES string of the molecule is C=CCOc1ccc(C2C(=C(O)c3ccncc3)C(=O)C(=O)N2c2nnc(SCc3ccccc3)s2)cc1OCC. The molecule has 11 heteroatoms. The van der Waals surface area contributed by atoms with Crippen molar-refractivity contribution >= 4 is 45.7 Å². The van der Waals surface area contributed by atoms with Gasteiger partial charge in [-0.2, -0.15) is 0 Å². The maximum atomic E-state index is 13.5. The van der Waals surface area contributed by atoms with Gasteiger partial charge in [0.1, 0.15) is 12.4 Å².